The minimum absolute atomic E-state index is 0.145. The molecule has 0 rings (SSSR count). The van der Waals surface area contributed by atoms with E-state index in [4.69, 9.17) is 5.11 Å². The van der Waals surface area contributed by atoms with Crippen LogP contribution in [0.15, 0.2) is 12.7 Å². The minimum Gasteiger partial charge on any atom is -0.463 e. The number of halogens is 6. The number of unbranched alkanes of at least 4 members (excludes halogenated alkanes) is 16. The van der Waals surface area contributed by atoms with Crippen molar-refractivity contribution < 1.29 is 41.0 Å². The molecule has 0 aromatic heterocycles. The molecular weight excluding hydrogens is 450 g/mol. The number of carbonyl (C=O) groups is 1. The number of alkyl halides is 6. The Bertz CT molecular complexity index is 503. The van der Waals surface area contributed by atoms with Crippen molar-refractivity contribution >= 4 is 5.97 Å². The van der Waals surface area contributed by atoms with Crippen LogP contribution in [0.1, 0.15) is 109 Å². The number of esters is 1. The van der Waals surface area contributed by atoms with E-state index < -0.39 is 30.5 Å². The van der Waals surface area contributed by atoms with Crippen molar-refractivity contribution in [1.82, 2.24) is 0 Å². The largest absolute Gasteiger partial charge is 0.463 e. The number of carbonyl (C=O) groups excluding carboxylic acids is 1. The number of allylic oxidation sites excluding steroid dienone is 1. The Morgan fingerprint density at radius 1 is 0.636 bits per heavy atom. The Kier molecular flexibility index (Phi) is 16.6. The lowest BCUT2D eigenvalue weighted by Gasteiger charge is -2.29. The molecule has 0 amide bonds. The first kappa shape index (κ1) is 31.8. The van der Waals surface area contributed by atoms with E-state index in [0.29, 0.717) is 6.42 Å². The van der Waals surface area contributed by atoms with E-state index in [-0.39, 0.29) is 6.42 Å². The molecule has 0 aliphatic rings. The summed E-state index contributed by atoms with van der Waals surface area (Å²) in [5, 5.41) is 8.88. The van der Waals surface area contributed by atoms with E-state index in [2.05, 4.69) is 11.3 Å². The maximum atomic E-state index is 12.5. The molecule has 196 valence electrons. The summed E-state index contributed by atoms with van der Waals surface area (Å²) in [6, 6.07) is 0. The first-order valence-corrected chi connectivity index (χ1v) is 12.1. The van der Waals surface area contributed by atoms with Crippen LogP contribution >= 0.6 is 0 Å². The van der Waals surface area contributed by atoms with Gasteiger partial charge in [-0.1, -0.05) is 96.0 Å². The third-order valence-electron chi connectivity index (χ3n) is 5.65. The molecule has 33 heavy (non-hydrogen) atoms. The number of rotatable bonds is 20. The second-order valence-electron chi connectivity index (χ2n) is 8.58. The van der Waals surface area contributed by atoms with E-state index in [1.54, 1.807) is 0 Å². The van der Waals surface area contributed by atoms with Crippen molar-refractivity contribution in [3.05, 3.63) is 12.7 Å². The molecule has 0 heterocycles. The van der Waals surface area contributed by atoms with Gasteiger partial charge in [-0.2, -0.15) is 26.3 Å². The Labute approximate surface area is 194 Å². The highest BCUT2D eigenvalue weighted by molar-refractivity contribution is 5.81. The van der Waals surface area contributed by atoms with Crippen molar-refractivity contribution in [2.24, 2.45) is 0 Å². The van der Waals surface area contributed by atoms with Crippen molar-refractivity contribution in [2.75, 3.05) is 6.61 Å². The third-order valence-corrected chi connectivity index (χ3v) is 5.65. The molecule has 0 saturated carbocycles. The summed E-state index contributed by atoms with van der Waals surface area (Å²) in [6.45, 7) is 3.12. The van der Waals surface area contributed by atoms with Gasteiger partial charge in [-0.25, -0.2) is 4.79 Å². The quantitative estimate of drug-likeness (QED) is 0.0810. The van der Waals surface area contributed by atoms with Gasteiger partial charge in [-0.05, 0) is 19.3 Å². The van der Waals surface area contributed by atoms with Gasteiger partial charge < -0.3 is 9.84 Å². The first-order valence-electron chi connectivity index (χ1n) is 12.1. The lowest BCUT2D eigenvalue weighted by molar-refractivity contribution is -0.356. The monoisotopic (exact) mass is 490 g/mol. The van der Waals surface area contributed by atoms with Crippen LogP contribution in [0.2, 0.25) is 0 Å². The van der Waals surface area contributed by atoms with Crippen LogP contribution in [0, 0.1) is 0 Å². The normalized spacial score (nSPS) is 12.7. The van der Waals surface area contributed by atoms with E-state index in [9.17, 15) is 31.1 Å². The molecule has 0 bridgehead atoms. The number of ether oxygens (including phenoxy) is 1. The van der Waals surface area contributed by atoms with E-state index in [1.807, 2.05) is 6.08 Å². The molecule has 9 heteroatoms. The average molecular weight is 491 g/mol. The maximum Gasteiger partial charge on any atom is 0.437 e. The Morgan fingerprint density at radius 3 is 1.24 bits per heavy atom. The second-order valence-corrected chi connectivity index (χ2v) is 8.58. The number of aliphatic hydroxyl groups is 1. The van der Waals surface area contributed by atoms with Gasteiger partial charge in [-0.3, -0.25) is 0 Å². The van der Waals surface area contributed by atoms with E-state index >= 15 is 0 Å². The molecule has 0 aliphatic carbocycles. The summed E-state index contributed by atoms with van der Waals surface area (Å²) in [5.74, 6) is -2.73. The summed E-state index contributed by atoms with van der Waals surface area (Å²) < 4.78 is 79.2. The fraction of sp³-hybridized carbons (Fsp3) is 0.875. The van der Waals surface area contributed by atoms with Crippen molar-refractivity contribution in [3.8, 4) is 0 Å². The Morgan fingerprint density at radius 2 is 0.939 bits per heavy atom. The molecule has 0 aliphatic heterocycles. The van der Waals surface area contributed by atoms with Crippen LogP contribution in [0.4, 0.5) is 26.3 Å². The van der Waals surface area contributed by atoms with E-state index in [0.717, 1.165) is 38.5 Å². The lowest BCUT2D eigenvalue weighted by atomic mass is 10.0. The van der Waals surface area contributed by atoms with Crippen molar-refractivity contribution in [1.29, 1.82) is 0 Å². The summed E-state index contributed by atoms with van der Waals surface area (Å²) in [6.07, 6.45) is 7.73. The second kappa shape index (κ2) is 17.2. The lowest BCUT2D eigenvalue weighted by Crippen LogP contribution is -2.63. The number of hydrogen-bond donors (Lipinski definition) is 1. The zero-order chi connectivity index (χ0) is 25.2. The summed E-state index contributed by atoms with van der Waals surface area (Å²) >= 11 is 0. The van der Waals surface area contributed by atoms with Gasteiger partial charge in [0.2, 0.25) is 0 Å². The molecule has 0 saturated heterocycles. The summed E-state index contributed by atoms with van der Waals surface area (Å²) in [5.41, 5.74) is -5.49. The van der Waals surface area contributed by atoms with Crippen LogP contribution in [0.5, 0.6) is 0 Å². The molecular formula is C24H40F6O3. The molecule has 1 N–H and O–H groups in total. The Balaban J connectivity index is 3.58. The fourth-order valence-corrected chi connectivity index (χ4v) is 3.53. The van der Waals surface area contributed by atoms with Gasteiger partial charge in [0.05, 0.1) is 6.61 Å². The predicted molar refractivity (Wildman–Crippen MR) is 117 cm³/mol. The zero-order valence-electron chi connectivity index (χ0n) is 19.5. The van der Waals surface area contributed by atoms with Crippen molar-refractivity contribution in [3.63, 3.8) is 0 Å². The van der Waals surface area contributed by atoms with Gasteiger partial charge in [-0.15, -0.1) is 6.58 Å². The van der Waals surface area contributed by atoms with Crippen LogP contribution < -0.4 is 0 Å². The third kappa shape index (κ3) is 13.3. The highest BCUT2D eigenvalue weighted by Crippen LogP contribution is 2.43. The summed E-state index contributed by atoms with van der Waals surface area (Å²) in [4.78, 5) is 11.2. The maximum absolute atomic E-state index is 12.5. The van der Waals surface area contributed by atoms with Gasteiger partial charge >= 0.3 is 23.9 Å². The minimum atomic E-state index is -6.20. The van der Waals surface area contributed by atoms with Gasteiger partial charge in [0.1, 0.15) is 0 Å². The standard InChI is InChI=1S/C24H40F6O3/c1-2-3-4-5-6-7-8-9-10-11-12-13-14-15-16-17-18-19-20-33-21(31)22(32,23(25,26)27)24(28,29)30/h2,32H,1,3-20H2. The van der Waals surface area contributed by atoms with Crippen LogP contribution in [-0.2, 0) is 9.53 Å². The van der Waals surface area contributed by atoms with Crippen LogP contribution in [0.25, 0.3) is 0 Å². The molecule has 0 atom stereocenters. The van der Waals surface area contributed by atoms with Crippen molar-refractivity contribution in [2.45, 2.75) is 127 Å². The molecule has 0 fully saturated rings. The molecule has 3 nitrogen and oxygen atoms in total. The smallest absolute Gasteiger partial charge is 0.437 e. The molecule has 0 unspecified atom stereocenters. The van der Waals surface area contributed by atoms with Crippen LogP contribution in [0.3, 0.4) is 0 Å². The Hall–Kier alpha value is -1.25. The van der Waals surface area contributed by atoms with Gasteiger partial charge in [0.15, 0.2) is 0 Å². The molecule has 0 spiro atoms. The molecule has 0 radical (unpaired) electrons. The number of hydrogen-bond acceptors (Lipinski definition) is 3. The molecule has 0 aromatic rings. The predicted octanol–water partition coefficient (Wildman–Crippen LogP) is 8.20. The van der Waals surface area contributed by atoms with Gasteiger partial charge in [0.25, 0.3) is 0 Å². The highest BCUT2D eigenvalue weighted by atomic mass is 19.4. The van der Waals surface area contributed by atoms with E-state index in [1.165, 1.54) is 57.8 Å². The molecule has 0 aromatic carbocycles. The van der Waals surface area contributed by atoms with Crippen LogP contribution in [-0.4, -0.2) is 35.6 Å². The SMILES string of the molecule is C=CCCCCCCCCCCCCCCCCCCOC(=O)C(O)(C(F)(F)F)C(F)(F)F. The highest BCUT2D eigenvalue weighted by Gasteiger charge is 2.76. The fourth-order valence-electron chi connectivity index (χ4n) is 3.53. The summed E-state index contributed by atoms with van der Waals surface area (Å²) in [7, 11) is 0. The van der Waals surface area contributed by atoms with Gasteiger partial charge in [0, 0.05) is 0 Å². The first-order chi connectivity index (χ1) is 15.5. The topological polar surface area (TPSA) is 46.5 Å². The average Bonchev–Trinajstić information content (AvgIpc) is 2.73. The zero-order valence-corrected chi connectivity index (χ0v) is 19.5.